The summed E-state index contributed by atoms with van der Waals surface area (Å²) in [6, 6.07) is 7.82. The van der Waals surface area contributed by atoms with Crippen LogP contribution in [-0.4, -0.2) is 56.2 Å². The molecule has 2 amide bonds. The molecule has 25 heavy (non-hydrogen) atoms. The molecule has 0 bridgehead atoms. The summed E-state index contributed by atoms with van der Waals surface area (Å²) >= 11 is 1.71. The molecule has 9 heteroatoms. The van der Waals surface area contributed by atoms with Crippen molar-refractivity contribution in [3.05, 3.63) is 35.4 Å². The van der Waals surface area contributed by atoms with Gasteiger partial charge in [-0.1, -0.05) is 24.3 Å². The largest absolute Gasteiger partial charge is 0.347 e. The SMILES string of the molecule is CSCc1cccc(CNC(=O)C(=O)NCCN2CCCS2(=O)=O)c1. The average molecular weight is 386 g/mol. The minimum Gasteiger partial charge on any atom is -0.347 e. The molecule has 1 saturated heterocycles. The monoisotopic (exact) mass is 385 g/mol. The fourth-order valence-corrected chi connectivity index (χ4v) is 4.62. The number of carbonyl (C=O) groups excluding carboxylic acids is 2. The highest BCUT2D eigenvalue weighted by Gasteiger charge is 2.27. The maximum Gasteiger partial charge on any atom is 0.309 e. The van der Waals surface area contributed by atoms with Gasteiger partial charge in [0.05, 0.1) is 5.75 Å². The standard InChI is InChI=1S/C16H23N3O4S2/c1-24-12-14-5-2-4-13(10-14)11-18-16(21)15(20)17-6-8-19-7-3-9-25(19,22)23/h2,4-5,10H,3,6-9,11-12H2,1H3,(H,17,20)(H,18,21). The van der Waals surface area contributed by atoms with Gasteiger partial charge in [-0.3, -0.25) is 9.59 Å². The van der Waals surface area contributed by atoms with Crippen LogP contribution in [0.2, 0.25) is 0 Å². The molecular weight excluding hydrogens is 362 g/mol. The molecule has 1 aromatic carbocycles. The van der Waals surface area contributed by atoms with Crippen molar-refractivity contribution in [3.63, 3.8) is 0 Å². The third kappa shape index (κ3) is 6.02. The fourth-order valence-electron chi connectivity index (χ4n) is 2.58. The second kappa shape index (κ2) is 9.21. The fraction of sp³-hybridized carbons (Fsp3) is 0.500. The molecule has 7 nitrogen and oxygen atoms in total. The van der Waals surface area contributed by atoms with Crippen molar-refractivity contribution in [2.75, 3.05) is 31.6 Å². The van der Waals surface area contributed by atoms with Crippen molar-refractivity contribution in [3.8, 4) is 0 Å². The van der Waals surface area contributed by atoms with Gasteiger partial charge in [0, 0.05) is 31.9 Å². The number of amides is 2. The van der Waals surface area contributed by atoms with E-state index < -0.39 is 21.8 Å². The van der Waals surface area contributed by atoms with Crippen LogP contribution in [0.5, 0.6) is 0 Å². The number of nitrogens with one attached hydrogen (secondary N) is 2. The summed E-state index contributed by atoms with van der Waals surface area (Å²) in [5.74, 6) is -0.435. The minimum absolute atomic E-state index is 0.120. The van der Waals surface area contributed by atoms with Crippen LogP contribution in [0.4, 0.5) is 0 Å². The van der Waals surface area contributed by atoms with Gasteiger partial charge in [-0.15, -0.1) is 0 Å². The van der Waals surface area contributed by atoms with Gasteiger partial charge in [0.25, 0.3) is 0 Å². The Balaban J connectivity index is 1.73. The second-order valence-electron chi connectivity index (χ2n) is 5.76. The lowest BCUT2D eigenvalue weighted by atomic mass is 10.1. The van der Waals surface area contributed by atoms with E-state index in [1.807, 2.05) is 30.5 Å². The third-order valence-electron chi connectivity index (χ3n) is 3.81. The quantitative estimate of drug-likeness (QED) is 0.659. The number of benzene rings is 1. The molecule has 0 unspecified atom stereocenters. The Morgan fingerprint density at radius 3 is 2.60 bits per heavy atom. The van der Waals surface area contributed by atoms with E-state index in [1.54, 1.807) is 11.8 Å². The molecular formula is C16H23N3O4S2. The van der Waals surface area contributed by atoms with Crippen LogP contribution in [0.25, 0.3) is 0 Å². The molecule has 2 rings (SSSR count). The normalized spacial score (nSPS) is 16.5. The highest BCUT2D eigenvalue weighted by atomic mass is 32.2. The lowest BCUT2D eigenvalue weighted by Crippen LogP contribution is -2.43. The summed E-state index contributed by atoms with van der Waals surface area (Å²) in [6.45, 7) is 1.05. The molecule has 0 spiro atoms. The van der Waals surface area contributed by atoms with Crippen LogP contribution < -0.4 is 10.6 Å². The van der Waals surface area contributed by atoms with Gasteiger partial charge < -0.3 is 10.6 Å². The number of nitrogens with zero attached hydrogens (tertiary/aromatic N) is 1. The summed E-state index contributed by atoms with van der Waals surface area (Å²) in [5.41, 5.74) is 2.09. The maximum absolute atomic E-state index is 11.8. The third-order valence-corrected chi connectivity index (χ3v) is 6.39. The predicted octanol–water partition coefficient (Wildman–Crippen LogP) is 0.318. The molecule has 0 saturated carbocycles. The first-order chi connectivity index (χ1) is 11.9. The molecule has 1 fully saturated rings. The topological polar surface area (TPSA) is 95.6 Å². The maximum atomic E-state index is 11.8. The van der Waals surface area contributed by atoms with Crippen LogP contribution in [0.15, 0.2) is 24.3 Å². The van der Waals surface area contributed by atoms with Crippen molar-refractivity contribution in [2.24, 2.45) is 0 Å². The zero-order valence-electron chi connectivity index (χ0n) is 14.2. The first-order valence-corrected chi connectivity index (χ1v) is 11.0. The van der Waals surface area contributed by atoms with Crippen LogP contribution in [0.3, 0.4) is 0 Å². The summed E-state index contributed by atoms with van der Waals surface area (Å²) in [6.07, 6.45) is 2.62. The summed E-state index contributed by atoms with van der Waals surface area (Å²) in [4.78, 5) is 23.6. The number of hydrogen-bond acceptors (Lipinski definition) is 5. The number of sulfonamides is 1. The van der Waals surface area contributed by atoms with E-state index in [9.17, 15) is 18.0 Å². The highest BCUT2D eigenvalue weighted by molar-refractivity contribution is 7.97. The number of rotatable bonds is 7. The predicted molar refractivity (Wildman–Crippen MR) is 98.5 cm³/mol. The molecule has 138 valence electrons. The average Bonchev–Trinajstić information content (AvgIpc) is 2.92. The molecule has 1 aliphatic rings. The van der Waals surface area contributed by atoms with Crippen molar-refractivity contribution >= 4 is 33.6 Å². The van der Waals surface area contributed by atoms with E-state index in [-0.39, 0.29) is 25.4 Å². The first-order valence-electron chi connectivity index (χ1n) is 8.03. The summed E-state index contributed by atoms with van der Waals surface area (Å²) in [7, 11) is -3.18. The zero-order chi connectivity index (χ0) is 18.3. The number of thioether (sulfide) groups is 1. The molecule has 1 aromatic rings. The molecule has 2 N–H and O–H groups in total. The lowest BCUT2D eigenvalue weighted by Gasteiger charge is -2.14. The molecule has 0 aromatic heterocycles. The Kier molecular flexibility index (Phi) is 7.27. The zero-order valence-corrected chi connectivity index (χ0v) is 15.8. The van der Waals surface area contributed by atoms with Crippen molar-refractivity contribution in [1.29, 1.82) is 0 Å². The van der Waals surface area contributed by atoms with Crippen LogP contribution in [-0.2, 0) is 31.9 Å². The Labute approximate surface area is 152 Å². The molecule has 0 aliphatic carbocycles. The summed E-state index contributed by atoms with van der Waals surface area (Å²) in [5, 5.41) is 5.03. The van der Waals surface area contributed by atoms with Crippen molar-refractivity contribution in [2.45, 2.75) is 18.7 Å². The van der Waals surface area contributed by atoms with E-state index in [0.717, 1.165) is 16.9 Å². The Morgan fingerprint density at radius 2 is 1.92 bits per heavy atom. The summed E-state index contributed by atoms with van der Waals surface area (Å²) < 4.78 is 24.6. The molecule has 0 atom stereocenters. The number of carbonyl (C=O) groups is 2. The van der Waals surface area contributed by atoms with Crippen LogP contribution >= 0.6 is 11.8 Å². The van der Waals surface area contributed by atoms with Gasteiger partial charge in [0.15, 0.2) is 0 Å². The lowest BCUT2D eigenvalue weighted by molar-refractivity contribution is -0.139. The Hall–Kier alpha value is -1.58. The van der Waals surface area contributed by atoms with E-state index in [2.05, 4.69) is 10.6 Å². The van der Waals surface area contributed by atoms with Gasteiger partial charge in [-0.25, -0.2) is 12.7 Å². The second-order valence-corrected chi connectivity index (χ2v) is 8.71. The smallest absolute Gasteiger partial charge is 0.309 e. The van der Waals surface area contributed by atoms with Gasteiger partial charge in [-0.05, 0) is 23.8 Å². The van der Waals surface area contributed by atoms with Crippen LogP contribution in [0.1, 0.15) is 17.5 Å². The van der Waals surface area contributed by atoms with E-state index in [1.165, 1.54) is 4.31 Å². The van der Waals surface area contributed by atoms with E-state index in [0.29, 0.717) is 13.0 Å². The number of hydrogen-bond donors (Lipinski definition) is 2. The first kappa shape index (κ1) is 19.7. The van der Waals surface area contributed by atoms with Gasteiger partial charge in [0.2, 0.25) is 10.0 Å². The van der Waals surface area contributed by atoms with E-state index >= 15 is 0 Å². The molecule has 0 radical (unpaired) electrons. The van der Waals surface area contributed by atoms with E-state index in [4.69, 9.17) is 0 Å². The van der Waals surface area contributed by atoms with Crippen LogP contribution in [0, 0.1) is 0 Å². The molecule has 1 aliphatic heterocycles. The van der Waals surface area contributed by atoms with Crippen molar-refractivity contribution in [1.82, 2.24) is 14.9 Å². The van der Waals surface area contributed by atoms with Gasteiger partial charge in [0.1, 0.15) is 0 Å². The van der Waals surface area contributed by atoms with Gasteiger partial charge in [-0.2, -0.15) is 11.8 Å². The molecule has 1 heterocycles. The Morgan fingerprint density at radius 1 is 1.20 bits per heavy atom. The Bertz CT molecular complexity index is 722. The van der Waals surface area contributed by atoms with Crippen molar-refractivity contribution < 1.29 is 18.0 Å². The highest BCUT2D eigenvalue weighted by Crippen LogP contribution is 2.12. The minimum atomic E-state index is -3.18. The van der Waals surface area contributed by atoms with Gasteiger partial charge >= 0.3 is 11.8 Å².